The lowest BCUT2D eigenvalue weighted by molar-refractivity contribution is -0.384. The highest BCUT2D eigenvalue weighted by Crippen LogP contribution is 2.12. The second-order valence-corrected chi connectivity index (χ2v) is 2.71. The summed E-state index contributed by atoms with van der Waals surface area (Å²) in [5.41, 5.74) is 1.03. The maximum absolute atomic E-state index is 10.3. The smallest absolute Gasteiger partial charge is 0.269 e. The van der Waals surface area contributed by atoms with Crippen LogP contribution in [0.5, 0.6) is 0 Å². The molecule has 0 bridgehead atoms. The number of nitro benzene ring substituents is 1. The van der Waals surface area contributed by atoms with Gasteiger partial charge in [0, 0.05) is 19.2 Å². The third-order valence-electron chi connectivity index (χ3n) is 1.68. The third-order valence-corrected chi connectivity index (χ3v) is 1.68. The maximum atomic E-state index is 10.3. The summed E-state index contributed by atoms with van der Waals surface area (Å²) in [4.78, 5) is 9.93. The van der Waals surface area contributed by atoms with Gasteiger partial charge >= 0.3 is 0 Å². The Labute approximate surface area is 82.0 Å². The number of ether oxygens (including phenoxy) is 1. The minimum atomic E-state index is -0.414. The van der Waals surface area contributed by atoms with Gasteiger partial charge in [0.2, 0.25) is 0 Å². The molecule has 0 saturated heterocycles. The summed E-state index contributed by atoms with van der Waals surface area (Å²) >= 11 is 0. The highest BCUT2D eigenvalue weighted by molar-refractivity contribution is 5.51. The van der Waals surface area contributed by atoms with Crippen molar-refractivity contribution in [2.24, 2.45) is 0 Å². The molecular formula is C10H11NO3. The number of nitro groups is 1. The second kappa shape index (κ2) is 5.14. The predicted molar refractivity (Wildman–Crippen MR) is 54.0 cm³/mol. The molecule has 1 rings (SSSR count). The van der Waals surface area contributed by atoms with Crippen molar-refractivity contribution in [1.29, 1.82) is 0 Å². The van der Waals surface area contributed by atoms with E-state index in [1.165, 1.54) is 12.1 Å². The fourth-order valence-electron chi connectivity index (χ4n) is 0.988. The molecule has 0 aliphatic carbocycles. The lowest BCUT2D eigenvalue weighted by Gasteiger charge is -1.93. The summed E-state index contributed by atoms with van der Waals surface area (Å²) in [6.45, 7) is 0.539. The molecule has 0 fully saturated rings. The van der Waals surface area contributed by atoms with E-state index in [4.69, 9.17) is 4.74 Å². The van der Waals surface area contributed by atoms with Crippen LogP contribution in [0.1, 0.15) is 5.56 Å². The highest BCUT2D eigenvalue weighted by Gasteiger charge is 2.01. The molecule has 4 heteroatoms. The Kier molecular flexibility index (Phi) is 3.82. The van der Waals surface area contributed by atoms with E-state index in [2.05, 4.69) is 0 Å². The molecule has 0 aliphatic heterocycles. The van der Waals surface area contributed by atoms with Gasteiger partial charge in [0.05, 0.1) is 11.5 Å². The van der Waals surface area contributed by atoms with Crippen LogP contribution in [0, 0.1) is 10.1 Å². The van der Waals surface area contributed by atoms with E-state index >= 15 is 0 Å². The first-order chi connectivity index (χ1) is 6.74. The molecule has 0 unspecified atom stereocenters. The number of rotatable bonds is 4. The van der Waals surface area contributed by atoms with Crippen molar-refractivity contribution in [3.63, 3.8) is 0 Å². The zero-order chi connectivity index (χ0) is 10.4. The van der Waals surface area contributed by atoms with E-state index in [-0.39, 0.29) is 5.69 Å². The van der Waals surface area contributed by atoms with Crippen LogP contribution in [0.15, 0.2) is 30.3 Å². The molecule has 0 heterocycles. The van der Waals surface area contributed by atoms with Crippen LogP contribution < -0.4 is 0 Å². The van der Waals surface area contributed by atoms with E-state index in [0.29, 0.717) is 6.61 Å². The Morgan fingerprint density at radius 2 is 2.07 bits per heavy atom. The molecular weight excluding hydrogens is 182 g/mol. The number of nitrogens with zero attached hydrogens (tertiary/aromatic N) is 1. The summed E-state index contributed by atoms with van der Waals surface area (Å²) in [6, 6.07) is 6.35. The minimum absolute atomic E-state index is 0.105. The first kappa shape index (κ1) is 10.4. The summed E-state index contributed by atoms with van der Waals surface area (Å²) < 4.78 is 4.83. The summed E-state index contributed by atoms with van der Waals surface area (Å²) in [7, 11) is 1.61. The zero-order valence-electron chi connectivity index (χ0n) is 7.84. The molecule has 0 saturated carbocycles. The van der Waals surface area contributed by atoms with Crippen molar-refractivity contribution in [2.45, 2.75) is 0 Å². The Morgan fingerprint density at radius 1 is 1.43 bits per heavy atom. The topological polar surface area (TPSA) is 52.4 Å². The number of hydrogen-bond donors (Lipinski definition) is 0. The Hall–Kier alpha value is -1.68. The van der Waals surface area contributed by atoms with Gasteiger partial charge in [-0.25, -0.2) is 0 Å². The largest absolute Gasteiger partial charge is 0.381 e. The molecule has 0 aliphatic rings. The van der Waals surface area contributed by atoms with Crippen molar-refractivity contribution >= 4 is 11.8 Å². The average molecular weight is 193 g/mol. The Morgan fingerprint density at radius 3 is 2.57 bits per heavy atom. The van der Waals surface area contributed by atoms with E-state index in [9.17, 15) is 10.1 Å². The zero-order valence-corrected chi connectivity index (χ0v) is 7.84. The average Bonchev–Trinajstić information content (AvgIpc) is 2.19. The first-order valence-electron chi connectivity index (χ1n) is 4.14. The molecule has 1 aromatic carbocycles. The van der Waals surface area contributed by atoms with Crippen LogP contribution in [-0.2, 0) is 4.74 Å². The molecule has 74 valence electrons. The predicted octanol–water partition coefficient (Wildman–Crippen LogP) is 2.25. The van der Waals surface area contributed by atoms with Crippen LogP contribution in [0.4, 0.5) is 5.69 Å². The van der Waals surface area contributed by atoms with Crippen molar-refractivity contribution in [3.8, 4) is 0 Å². The lowest BCUT2D eigenvalue weighted by atomic mass is 10.2. The van der Waals surface area contributed by atoms with E-state index < -0.39 is 4.92 Å². The number of methoxy groups -OCH3 is 1. The van der Waals surface area contributed by atoms with Gasteiger partial charge in [0.15, 0.2) is 0 Å². The van der Waals surface area contributed by atoms with Gasteiger partial charge in [-0.1, -0.05) is 12.2 Å². The summed E-state index contributed by atoms with van der Waals surface area (Å²) in [5.74, 6) is 0. The van der Waals surface area contributed by atoms with Crippen molar-refractivity contribution in [2.75, 3.05) is 13.7 Å². The Balaban J connectivity index is 2.68. The molecule has 1 aromatic rings. The van der Waals surface area contributed by atoms with Crippen LogP contribution in [0.25, 0.3) is 6.08 Å². The van der Waals surface area contributed by atoms with Gasteiger partial charge in [-0.15, -0.1) is 0 Å². The monoisotopic (exact) mass is 193 g/mol. The van der Waals surface area contributed by atoms with Gasteiger partial charge < -0.3 is 4.74 Å². The second-order valence-electron chi connectivity index (χ2n) is 2.71. The van der Waals surface area contributed by atoms with Crippen LogP contribution in [0.2, 0.25) is 0 Å². The van der Waals surface area contributed by atoms with E-state index in [1.54, 1.807) is 19.2 Å². The molecule has 14 heavy (non-hydrogen) atoms. The van der Waals surface area contributed by atoms with Crippen LogP contribution in [0.3, 0.4) is 0 Å². The van der Waals surface area contributed by atoms with Crippen LogP contribution >= 0.6 is 0 Å². The third kappa shape index (κ3) is 2.99. The lowest BCUT2D eigenvalue weighted by Crippen LogP contribution is -1.86. The number of non-ortho nitro benzene ring substituents is 1. The van der Waals surface area contributed by atoms with Crippen LogP contribution in [-0.4, -0.2) is 18.6 Å². The number of benzene rings is 1. The first-order valence-corrected chi connectivity index (χ1v) is 4.14. The number of hydrogen-bond acceptors (Lipinski definition) is 3. The molecule has 0 radical (unpaired) electrons. The summed E-state index contributed by atoms with van der Waals surface area (Å²) in [6.07, 6.45) is 3.70. The Bertz CT molecular complexity index is 330. The van der Waals surface area contributed by atoms with Gasteiger partial charge in [-0.3, -0.25) is 10.1 Å². The molecule has 0 N–H and O–H groups in total. The molecule has 0 amide bonds. The highest BCUT2D eigenvalue weighted by atomic mass is 16.6. The maximum Gasteiger partial charge on any atom is 0.269 e. The molecule has 0 aromatic heterocycles. The normalized spacial score (nSPS) is 10.6. The van der Waals surface area contributed by atoms with Gasteiger partial charge in [-0.2, -0.15) is 0 Å². The van der Waals surface area contributed by atoms with Gasteiger partial charge in [0.25, 0.3) is 5.69 Å². The van der Waals surface area contributed by atoms with Crippen molar-refractivity contribution in [1.82, 2.24) is 0 Å². The quantitative estimate of drug-likeness (QED) is 0.544. The SMILES string of the molecule is COC/C=C/c1ccc([N+](=O)[O-])cc1. The molecule has 4 nitrogen and oxygen atoms in total. The minimum Gasteiger partial charge on any atom is -0.381 e. The summed E-state index contributed by atoms with van der Waals surface area (Å²) in [5, 5.41) is 10.3. The van der Waals surface area contributed by atoms with Crippen molar-refractivity contribution in [3.05, 3.63) is 46.0 Å². The van der Waals surface area contributed by atoms with E-state index in [0.717, 1.165) is 5.56 Å². The molecule has 0 atom stereocenters. The molecule has 0 spiro atoms. The van der Waals surface area contributed by atoms with Crippen molar-refractivity contribution < 1.29 is 9.66 Å². The fraction of sp³-hybridized carbons (Fsp3) is 0.200. The standard InChI is InChI=1S/C10H11NO3/c1-14-8-2-3-9-4-6-10(7-5-9)11(12)13/h2-7H,8H2,1H3/b3-2+. The van der Waals surface area contributed by atoms with Gasteiger partial charge in [-0.05, 0) is 17.7 Å². The van der Waals surface area contributed by atoms with Gasteiger partial charge in [0.1, 0.15) is 0 Å². The van der Waals surface area contributed by atoms with E-state index in [1.807, 2.05) is 12.2 Å². The fourth-order valence-corrected chi connectivity index (χ4v) is 0.988.